The minimum atomic E-state index is 0.365. The van der Waals surface area contributed by atoms with Crippen molar-refractivity contribution in [2.75, 3.05) is 5.32 Å². The summed E-state index contributed by atoms with van der Waals surface area (Å²) in [5.41, 5.74) is 0.841. The first kappa shape index (κ1) is 8.39. The maximum absolute atomic E-state index is 8.61. The van der Waals surface area contributed by atoms with E-state index in [4.69, 9.17) is 22.1 Å². The Hall–Kier alpha value is -1.71. The van der Waals surface area contributed by atoms with E-state index in [0.717, 1.165) is 0 Å². The quantitative estimate of drug-likeness (QED) is 0.528. The number of anilines is 1. The lowest BCUT2D eigenvalue weighted by atomic mass is 10.2. The Balaban J connectivity index is 3.15. The van der Waals surface area contributed by atoms with E-state index in [0.29, 0.717) is 16.3 Å². The minimum Gasteiger partial charge on any atom is -0.291 e. The van der Waals surface area contributed by atoms with Crippen LogP contribution in [0.3, 0.4) is 0 Å². The van der Waals surface area contributed by atoms with E-state index >= 15 is 0 Å². The van der Waals surface area contributed by atoms with E-state index in [2.05, 4.69) is 5.32 Å². The average molecular weight is 178 g/mol. The van der Waals surface area contributed by atoms with Crippen molar-refractivity contribution in [2.24, 2.45) is 0 Å². The normalized spacial score (nSPS) is 8.25. The van der Waals surface area contributed by atoms with Gasteiger partial charge in [-0.15, -0.1) is 0 Å². The molecule has 12 heavy (non-hydrogen) atoms. The molecule has 0 radical (unpaired) electrons. The Morgan fingerprint density at radius 2 is 2.08 bits per heavy atom. The Morgan fingerprint density at radius 3 is 2.67 bits per heavy atom. The highest BCUT2D eigenvalue weighted by atomic mass is 35.5. The fourth-order valence-electron chi connectivity index (χ4n) is 0.778. The fraction of sp³-hybridized carbons (Fsp3) is 0. The highest BCUT2D eigenvalue weighted by Gasteiger charge is 2.00. The van der Waals surface area contributed by atoms with Crippen molar-refractivity contribution >= 4 is 17.3 Å². The molecule has 0 saturated heterocycles. The highest BCUT2D eigenvalue weighted by Crippen LogP contribution is 2.19. The molecule has 0 aliphatic rings. The topological polar surface area (TPSA) is 59.6 Å². The van der Waals surface area contributed by atoms with Gasteiger partial charge in [0.15, 0.2) is 6.19 Å². The van der Waals surface area contributed by atoms with Gasteiger partial charge in [-0.2, -0.15) is 10.5 Å². The number of nitrogens with zero attached hydrogens (tertiary/aromatic N) is 2. The van der Waals surface area contributed by atoms with Crippen molar-refractivity contribution in [3.8, 4) is 12.3 Å². The number of rotatable bonds is 1. The average Bonchev–Trinajstić information content (AvgIpc) is 2.08. The molecule has 0 unspecified atom stereocenters. The van der Waals surface area contributed by atoms with Gasteiger partial charge < -0.3 is 0 Å². The molecule has 0 aliphatic carbocycles. The molecule has 0 aromatic heterocycles. The summed E-state index contributed by atoms with van der Waals surface area (Å²) in [6.45, 7) is 0. The van der Waals surface area contributed by atoms with Gasteiger partial charge in [-0.1, -0.05) is 11.6 Å². The van der Waals surface area contributed by atoms with Crippen LogP contribution in [0.15, 0.2) is 18.2 Å². The highest BCUT2D eigenvalue weighted by molar-refractivity contribution is 6.30. The number of nitrogens with one attached hydrogen (secondary N) is 1. The van der Waals surface area contributed by atoms with Gasteiger partial charge in [0, 0.05) is 5.02 Å². The molecule has 0 amide bonds. The lowest BCUT2D eigenvalue weighted by molar-refractivity contribution is 1.44. The molecule has 0 atom stereocenters. The summed E-state index contributed by atoms with van der Waals surface area (Å²) in [5, 5.41) is 19.8. The molecule has 1 aromatic carbocycles. The van der Waals surface area contributed by atoms with Crippen molar-refractivity contribution in [3.05, 3.63) is 28.8 Å². The summed E-state index contributed by atoms with van der Waals surface area (Å²) in [6.07, 6.45) is 1.73. The lowest BCUT2D eigenvalue weighted by Crippen LogP contribution is -1.90. The van der Waals surface area contributed by atoms with Gasteiger partial charge in [0.2, 0.25) is 0 Å². The van der Waals surface area contributed by atoms with Gasteiger partial charge in [-0.25, -0.2) is 0 Å². The molecule has 1 N–H and O–H groups in total. The van der Waals surface area contributed by atoms with Gasteiger partial charge >= 0.3 is 0 Å². The van der Waals surface area contributed by atoms with Gasteiger partial charge in [0.1, 0.15) is 6.07 Å². The molecular formula is C8H4ClN3. The summed E-state index contributed by atoms with van der Waals surface area (Å²) in [4.78, 5) is 0. The van der Waals surface area contributed by atoms with Crippen molar-refractivity contribution in [1.82, 2.24) is 0 Å². The first-order chi connectivity index (χ1) is 5.77. The van der Waals surface area contributed by atoms with Gasteiger partial charge in [0.05, 0.1) is 11.3 Å². The number of nitriles is 2. The lowest BCUT2D eigenvalue weighted by Gasteiger charge is -1.99. The maximum Gasteiger partial charge on any atom is 0.181 e. The van der Waals surface area contributed by atoms with E-state index in [1.54, 1.807) is 18.3 Å². The molecule has 58 valence electrons. The summed E-state index contributed by atoms with van der Waals surface area (Å²) in [6, 6.07) is 6.62. The molecular weight excluding hydrogens is 174 g/mol. The summed E-state index contributed by atoms with van der Waals surface area (Å²) in [7, 11) is 0. The second-order valence-electron chi connectivity index (χ2n) is 2.04. The van der Waals surface area contributed by atoms with Gasteiger partial charge in [-0.3, -0.25) is 5.32 Å². The number of hydrogen-bond acceptors (Lipinski definition) is 3. The monoisotopic (exact) mass is 177 g/mol. The third-order valence-electron chi connectivity index (χ3n) is 1.29. The fourth-order valence-corrected chi connectivity index (χ4v) is 0.950. The zero-order valence-corrected chi connectivity index (χ0v) is 6.76. The minimum absolute atomic E-state index is 0.365. The van der Waals surface area contributed by atoms with Crippen LogP contribution in [0.5, 0.6) is 0 Å². The second-order valence-corrected chi connectivity index (χ2v) is 2.47. The molecule has 3 nitrogen and oxygen atoms in total. The van der Waals surface area contributed by atoms with Gasteiger partial charge in [0.25, 0.3) is 0 Å². The summed E-state index contributed by atoms with van der Waals surface area (Å²) >= 11 is 5.63. The molecule has 0 bridgehead atoms. The number of halogens is 1. The van der Waals surface area contributed by atoms with Crippen molar-refractivity contribution in [1.29, 1.82) is 10.5 Å². The van der Waals surface area contributed by atoms with Crippen LogP contribution in [0.2, 0.25) is 5.02 Å². The van der Waals surface area contributed by atoms with Crippen LogP contribution in [0, 0.1) is 22.8 Å². The third kappa shape index (κ3) is 1.66. The van der Waals surface area contributed by atoms with Crippen molar-refractivity contribution < 1.29 is 0 Å². The first-order valence-electron chi connectivity index (χ1n) is 3.12. The summed E-state index contributed by atoms with van der Waals surface area (Å²) in [5.74, 6) is 0. The molecule has 4 heteroatoms. The number of hydrogen-bond donors (Lipinski definition) is 1. The van der Waals surface area contributed by atoms with Crippen LogP contribution in [0.1, 0.15) is 5.56 Å². The molecule has 0 spiro atoms. The van der Waals surface area contributed by atoms with Crippen LogP contribution < -0.4 is 5.32 Å². The Morgan fingerprint density at radius 1 is 1.33 bits per heavy atom. The van der Waals surface area contributed by atoms with Crippen LogP contribution >= 0.6 is 11.6 Å². The van der Waals surface area contributed by atoms with E-state index in [-0.39, 0.29) is 0 Å². The zero-order chi connectivity index (χ0) is 8.97. The Labute approximate surface area is 74.8 Å². The molecule has 1 aromatic rings. The Kier molecular flexibility index (Phi) is 2.53. The standard InChI is InChI=1S/C8H4ClN3/c9-7-1-2-8(12-5-11)6(3-7)4-10/h1-3,12H. The van der Waals surface area contributed by atoms with Crippen LogP contribution in [-0.4, -0.2) is 0 Å². The van der Waals surface area contributed by atoms with E-state index in [1.165, 1.54) is 6.07 Å². The predicted octanol–water partition coefficient (Wildman–Crippen LogP) is 2.10. The molecule has 0 fully saturated rings. The van der Waals surface area contributed by atoms with Crippen molar-refractivity contribution in [2.45, 2.75) is 0 Å². The van der Waals surface area contributed by atoms with Gasteiger partial charge in [-0.05, 0) is 18.2 Å². The maximum atomic E-state index is 8.61. The second kappa shape index (κ2) is 3.61. The molecule has 1 rings (SSSR count). The van der Waals surface area contributed by atoms with Crippen molar-refractivity contribution in [3.63, 3.8) is 0 Å². The van der Waals surface area contributed by atoms with Crippen LogP contribution in [-0.2, 0) is 0 Å². The van der Waals surface area contributed by atoms with Crippen LogP contribution in [0.25, 0.3) is 0 Å². The van der Waals surface area contributed by atoms with Crippen LogP contribution in [0.4, 0.5) is 5.69 Å². The predicted molar refractivity (Wildman–Crippen MR) is 45.4 cm³/mol. The smallest absolute Gasteiger partial charge is 0.181 e. The first-order valence-corrected chi connectivity index (χ1v) is 3.50. The SMILES string of the molecule is N#CNc1ccc(Cl)cc1C#N. The molecule has 0 aliphatic heterocycles. The summed E-state index contributed by atoms with van der Waals surface area (Å²) < 4.78 is 0. The number of benzene rings is 1. The Bertz CT molecular complexity index is 373. The van der Waals surface area contributed by atoms with E-state index in [1.807, 2.05) is 6.07 Å². The third-order valence-corrected chi connectivity index (χ3v) is 1.53. The van der Waals surface area contributed by atoms with E-state index < -0.39 is 0 Å². The zero-order valence-electron chi connectivity index (χ0n) is 6.00. The van der Waals surface area contributed by atoms with E-state index in [9.17, 15) is 0 Å². The molecule has 0 saturated carbocycles. The largest absolute Gasteiger partial charge is 0.291 e. The molecule has 0 heterocycles.